The molecule has 2 unspecified atom stereocenters. The lowest BCUT2D eigenvalue weighted by Crippen LogP contribution is -2.35. The average molecular weight is 220 g/mol. The van der Waals surface area contributed by atoms with Crippen molar-refractivity contribution in [1.29, 1.82) is 0 Å². The minimum Gasteiger partial charge on any atom is -0.300 e. The van der Waals surface area contributed by atoms with E-state index >= 15 is 0 Å². The van der Waals surface area contributed by atoms with Crippen molar-refractivity contribution in [2.24, 2.45) is 11.8 Å². The van der Waals surface area contributed by atoms with Crippen LogP contribution in [0.25, 0.3) is 0 Å². The van der Waals surface area contributed by atoms with E-state index in [0.717, 1.165) is 23.9 Å². The molecule has 2 saturated heterocycles. The largest absolute Gasteiger partial charge is 0.300 e. The molecule has 2 aliphatic heterocycles. The van der Waals surface area contributed by atoms with Gasteiger partial charge < -0.3 is 0 Å². The maximum Gasteiger partial charge on any atom is 0.00966 e. The molecule has 0 radical (unpaired) electrons. The van der Waals surface area contributed by atoms with Crippen LogP contribution >= 0.6 is 0 Å². The summed E-state index contributed by atoms with van der Waals surface area (Å²) in [5.74, 6) is 2.06. The van der Waals surface area contributed by atoms with Crippen LogP contribution in [0.2, 0.25) is 0 Å². The number of nitrogens with zero attached hydrogens (tertiary/aromatic N) is 2. The van der Waals surface area contributed by atoms with Gasteiger partial charge in [0.25, 0.3) is 0 Å². The minimum atomic E-state index is 0.972. The van der Waals surface area contributed by atoms with Gasteiger partial charge in [-0.2, -0.15) is 0 Å². The van der Waals surface area contributed by atoms with Crippen molar-refractivity contribution < 1.29 is 0 Å². The third kappa shape index (κ3) is 1.62. The van der Waals surface area contributed by atoms with Crippen LogP contribution in [0.15, 0.2) is 0 Å². The van der Waals surface area contributed by atoms with Crippen LogP contribution in [0.5, 0.6) is 0 Å². The van der Waals surface area contributed by atoms with Gasteiger partial charge >= 0.3 is 0 Å². The zero-order valence-corrected chi connectivity index (χ0v) is 10.3. The predicted octanol–water partition coefficient (Wildman–Crippen LogP) is 1.95. The Labute approximate surface area is 99.0 Å². The fraction of sp³-hybridized carbons (Fsp3) is 1.00. The Balaban J connectivity index is 1.37. The van der Waals surface area contributed by atoms with Crippen molar-refractivity contribution in [3.05, 3.63) is 0 Å². The summed E-state index contributed by atoms with van der Waals surface area (Å²) < 4.78 is 0. The van der Waals surface area contributed by atoms with Crippen molar-refractivity contribution in [3.63, 3.8) is 0 Å². The Morgan fingerprint density at radius 2 is 1.00 bits per heavy atom. The Morgan fingerprint density at radius 3 is 1.44 bits per heavy atom. The fourth-order valence-corrected chi connectivity index (χ4v) is 4.37. The summed E-state index contributed by atoms with van der Waals surface area (Å²) >= 11 is 0. The molecule has 2 nitrogen and oxygen atoms in total. The highest BCUT2D eigenvalue weighted by Crippen LogP contribution is 2.39. The van der Waals surface area contributed by atoms with E-state index in [1.165, 1.54) is 64.7 Å². The van der Waals surface area contributed by atoms with Crippen LogP contribution in [0, 0.1) is 11.8 Å². The number of rotatable bonds is 2. The zero-order valence-electron chi connectivity index (χ0n) is 10.3. The maximum absolute atomic E-state index is 2.84. The first-order chi connectivity index (χ1) is 7.90. The summed E-state index contributed by atoms with van der Waals surface area (Å²) in [6.07, 6.45) is 8.95. The van der Waals surface area contributed by atoms with E-state index < -0.39 is 0 Å². The standard InChI is InChI=1S/C14H24N2/c1-2-4-13(3-1)15-7-11-9-16(14-5-6-14)10-12(11)8-15/h11-14H,1-10H2. The highest BCUT2D eigenvalue weighted by atomic mass is 15.3. The molecule has 0 amide bonds. The smallest absolute Gasteiger partial charge is 0.00966 e. The van der Waals surface area contributed by atoms with Gasteiger partial charge in [-0.3, -0.25) is 9.80 Å². The van der Waals surface area contributed by atoms with Gasteiger partial charge in [0.15, 0.2) is 0 Å². The number of hydrogen-bond acceptors (Lipinski definition) is 2. The van der Waals surface area contributed by atoms with Crippen molar-refractivity contribution in [1.82, 2.24) is 9.80 Å². The van der Waals surface area contributed by atoms with Gasteiger partial charge in [0.05, 0.1) is 0 Å². The van der Waals surface area contributed by atoms with Crippen molar-refractivity contribution in [3.8, 4) is 0 Å². The molecule has 2 heteroatoms. The molecule has 90 valence electrons. The first-order valence-electron chi connectivity index (χ1n) is 7.38. The molecule has 0 aromatic heterocycles. The Kier molecular flexibility index (Phi) is 2.29. The molecule has 4 rings (SSSR count). The molecular weight excluding hydrogens is 196 g/mol. The molecule has 2 saturated carbocycles. The van der Waals surface area contributed by atoms with Crippen molar-refractivity contribution in [2.45, 2.75) is 50.6 Å². The van der Waals surface area contributed by atoms with Crippen LogP contribution < -0.4 is 0 Å². The van der Waals surface area contributed by atoms with Gasteiger partial charge in [-0.05, 0) is 37.5 Å². The lowest BCUT2D eigenvalue weighted by atomic mass is 10.0. The van der Waals surface area contributed by atoms with Crippen molar-refractivity contribution in [2.75, 3.05) is 26.2 Å². The zero-order chi connectivity index (χ0) is 10.5. The second kappa shape index (κ2) is 3.71. The van der Waals surface area contributed by atoms with Gasteiger partial charge in [-0.15, -0.1) is 0 Å². The third-order valence-electron chi connectivity index (χ3n) is 5.45. The monoisotopic (exact) mass is 220 g/mol. The second-order valence-corrected chi connectivity index (χ2v) is 6.60. The molecule has 2 atom stereocenters. The molecule has 0 bridgehead atoms. The molecule has 0 aromatic carbocycles. The van der Waals surface area contributed by atoms with E-state index in [1.54, 1.807) is 0 Å². The van der Waals surface area contributed by atoms with E-state index in [2.05, 4.69) is 9.80 Å². The van der Waals surface area contributed by atoms with Gasteiger partial charge in [-0.1, -0.05) is 12.8 Å². The first-order valence-corrected chi connectivity index (χ1v) is 7.38. The summed E-state index contributed by atoms with van der Waals surface area (Å²) in [7, 11) is 0. The summed E-state index contributed by atoms with van der Waals surface area (Å²) in [5, 5.41) is 0. The second-order valence-electron chi connectivity index (χ2n) is 6.60. The Morgan fingerprint density at radius 1 is 0.562 bits per heavy atom. The topological polar surface area (TPSA) is 6.48 Å². The molecule has 0 N–H and O–H groups in total. The summed E-state index contributed by atoms with van der Waals surface area (Å²) in [6, 6.07) is 1.98. The predicted molar refractivity (Wildman–Crippen MR) is 65.4 cm³/mol. The van der Waals surface area contributed by atoms with Gasteiger partial charge in [0.1, 0.15) is 0 Å². The Hall–Kier alpha value is -0.0800. The molecule has 4 aliphatic rings. The lowest BCUT2D eigenvalue weighted by molar-refractivity contribution is 0.202. The van der Waals surface area contributed by atoms with E-state index in [-0.39, 0.29) is 0 Å². The molecular formula is C14H24N2. The highest BCUT2D eigenvalue weighted by molar-refractivity contribution is 4.99. The van der Waals surface area contributed by atoms with Crippen LogP contribution in [0.3, 0.4) is 0 Å². The van der Waals surface area contributed by atoms with E-state index in [0.29, 0.717) is 0 Å². The molecule has 16 heavy (non-hydrogen) atoms. The summed E-state index contributed by atoms with van der Waals surface area (Å²) in [5.41, 5.74) is 0. The van der Waals surface area contributed by atoms with Gasteiger partial charge in [0, 0.05) is 38.3 Å². The minimum absolute atomic E-state index is 0.972. The molecule has 2 heterocycles. The van der Waals surface area contributed by atoms with Crippen molar-refractivity contribution >= 4 is 0 Å². The third-order valence-corrected chi connectivity index (χ3v) is 5.45. The normalized spacial score (nSPS) is 42.0. The van der Waals surface area contributed by atoms with Gasteiger partial charge in [-0.25, -0.2) is 0 Å². The quantitative estimate of drug-likeness (QED) is 0.702. The van der Waals surface area contributed by atoms with Crippen LogP contribution in [0.1, 0.15) is 38.5 Å². The highest BCUT2D eigenvalue weighted by Gasteiger charge is 2.45. The summed E-state index contributed by atoms with van der Waals surface area (Å²) in [6.45, 7) is 5.72. The fourth-order valence-electron chi connectivity index (χ4n) is 4.37. The van der Waals surface area contributed by atoms with Crippen LogP contribution in [-0.2, 0) is 0 Å². The Bertz CT molecular complexity index is 254. The molecule has 2 aliphatic carbocycles. The van der Waals surface area contributed by atoms with E-state index in [4.69, 9.17) is 0 Å². The lowest BCUT2D eigenvalue weighted by Gasteiger charge is -2.26. The SMILES string of the molecule is C1CCC(N2CC3CN(C4CC4)CC3C2)C1. The first kappa shape index (κ1) is 9.90. The van der Waals surface area contributed by atoms with E-state index in [9.17, 15) is 0 Å². The van der Waals surface area contributed by atoms with Crippen LogP contribution in [0.4, 0.5) is 0 Å². The number of fused-ring (bicyclic) bond motifs is 1. The maximum atomic E-state index is 2.84. The van der Waals surface area contributed by atoms with Crippen LogP contribution in [-0.4, -0.2) is 48.1 Å². The number of hydrogen-bond donors (Lipinski definition) is 0. The molecule has 0 aromatic rings. The van der Waals surface area contributed by atoms with Gasteiger partial charge in [0.2, 0.25) is 0 Å². The number of likely N-dealkylation sites (tertiary alicyclic amines) is 2. The summed E-state index contributed by atoms with van der Waals surface area (Å²) in [4.78, 5) is 5.63. The van der Waals surface area contributed by atoms with E-state index in [1.807, 2.05) is 0 Å². The molecule has 0 spiro atoms. The average Bonchev–Trinajstić information content (AvgIpc) is 2.74. The molecule has 4 fully saturated rings.